The predicted molar refractivity (Wildman–Crippen MR) is 97.6 cm³/mol. The van der Waals surface area contributed by atoms with E-state index in [2.05, 4.69) is 22.0 Å². The molecule has 0 spiro atoms. The molecule has 25 heavy (non-hydrogen) atoms. The average Bonchev–Trinajstić information content (AvgIpc) is 2.97. The lowest BCUT2D eigenvalue weighted by molar-refractivity contribution is -0.0231. The van der Waals surface area contributed by atoms with E-state index in [1.54, 1.807) is 0 Å². The van der Waals surface area contributed by atoms with E-state index in [4.69, 9.17) is 16.3 Å². The number of likely N-dealkylation sites (tertiary alicyclic amines) is 1. The van der Waals surface area contributed by atoms with Gasteiger partial charge in [-0.1, -0.05) is 17.7 Å². The van der Waals surface area contributed by atoms with E-state index in [1.807, 2.05) is 36.7 Å². The van der Waals surface area contributed by atoms with Crippen molar-refractivity contribution in [2.45, 2.75) is 31.6 Å². The van der Waals surface area contributed by atoms with Gasteiger partial charge >= 0.3 is 0 Å². The molecule has 0 unspecified atom stereocenters. The predicted octanol–water partition coefficient (Wildman–Crippen LogP) is 3.39. The second kappa shape index (κ2) is 7.32. The van der Waals surface area contributed by atoms with Crippen LogP contribution >= 0.6 is 11.6 Å². The Morgan fingerprint density at radius 3 is 2.64 bits per heavy atom. The fraction of sp³-hybridized carbons (Fsp3) is 0.450. The van der Waals surface area contributed by atoms with E-state index in [-0.39, 0.29) is 6.10 Å². The third kappa shape index (κ3) is 3.97. The molecule has 1 aromatic heterocycles. The van der Waals surface area contributed by atoms with Crippen LogP contribution in [0.1, 0.15) is 18.4 Å². The van der Waals surface area contributed by atoms with Gasteiger partial charge in [-0.05, 0) is 60.6 Å². The zero-order chi connectivity index (χ0) is 17.2. The van der Waals surface area contributed by atoms with E-state index in [9.17, 15) is 5.11 Å². The Labute approximate surface area is 153 Å². The van der Waals surface area contributed by atoms with Gasteiger partial charge in [0.2, 0.25) is 0 Å². The van der Waals surface area contributed by atoms with Crippen molar-refractivity contribution in [1.82, 2.24) is 9.88 Å². The Hall–Kier alpha value is -1.62. The summed E-state index contributed by atoms with van der Waals surface area (Å²) in [5.74, 6) is 1.87. The largest absolute Gasteiger partial charge is 0.488 e. The number of aliphatic hydroxyl groups is 1. The molecule has 2 fully saturated rings. The molecule has 2 aliphatic rings. The molecule has 0 amide bonds. The minimum atomic E-state index is -0.416. The molecular formula is C20H23ClN2O2. The van der Waals surface area contributed by atoms with Crippen LogP contribution in [0, 0.1) is 11.8 Å². The number of pyridine rings is 1. The topological polar surface area (TPSA) is 45.6 Å². The molecule has 132 valence electrons. The highest BCUT2D eigenvalue weighted by Gasteiger charge is 2.42. The minimum absolute atomic E-state index is 0.152. The highest BCUT2D eigenvalue weighted by molar-refractivity contribution is 6.30. The number of halogens is 1. The molecule has 5 heteroatoms. The van der Waals surface area contributed by atoms with Gasteiger partial charge in [-0.3, -0.25) is 9.88 Å². The van der Waals surface area contributed by atoms with Gasteiger partial charge in [0.05, 0.1) is 6.10 Å². The standard InChI is InChI=1S/C20H23ClN2O2/c21-17-2-1-3-18(10-17)25-20-9-16-13-23(12-15(16)8-19(20)24)11-14-4-6-22-7-5-14/h1-7,10,15-16,19-20,24H,8-9,11-13H2/t15-,16+,19+,20+/m0/s1. The first-order chi connectivity index (χ1) is 12.2. The Bertz CT molecular complexity index is 712. The first kappa shape index (κ1) is 16.8. The molecule has 0 radical (unpaired) electrons. The van der Waals surface area contributed by atoms with Crippen LogP contribution in [0.4, 0.5) is 0 Å². The molecule has 1 saturated carbocycles. The van der Waals surface area contributed by atoms with Crippen LogP contribution in [0.3, 0.4) is 0 Å². The molecule has 1 aliphatic heterocycles. The van der Waals surface area contributed by atoms with Crippen LogP contribution in [0.15, 0.2) is 48.8 Å². The van der Waals surface area contributed by atoms with E-state index in [1.165, 1.54) is 5.56 Å². The maximum atomic E-state index is 10.5. The van der Waals surface area contributed by atoms with Gasteiger partial charge in [0.25, 0.3) is 0 Å². The van der Waals surface area contributed by atoms with Gasteiger partial charge in [-0.2, -0.15) is 0 Å². The van der Waals surface area contributed by atoms with Crippen LogP contribution < -0.4 is 4.74 Å². The van der Waals surface area contributed by atoms with Crippen molar-refractivity contribution in [3.05, 3.63) is 59.4 Å². The molecule has 1 aromatic carbocycles. The second-order valence-corrected chi connectivity index (χ2v) is 7.66. The molecule has 0 bridgehead atoms. The average molecular weight is 359 g/mol. The molecule has 2 heterocycles. The lowest BCUT2D eigenvalue weighted by atomic mass is 9.78. The highest BCUT2D eigenvalue weighted by atomic mass is 35.5. The number of hydrogen-bond donors (Lipinski definition) is 1. The van der Waals surface area contributed by atoms with Gasteiger partial charge in [-0.15, -0.1) is 0 Å². The highest BCUT2D eigenvalue weighted by Crippen LogP contribution is 2.38. The smallest absolute Gasteiger partial charge is 0.125 e. The first-order valence-corrected chi connectivity index (χ1v) is 9.27. The number of rotatable bonds is 4. The van der Waals surface area contributed by atoms with Crippen LogP contribution in [0.5, 0.6) is 5.75 Å². The Morgan fingerprint density at radius 1 is 1.12 bits per heavy atom. The van der Waals surface area contributed by atoms with Gasteiger partial charge < -0.3 is 9.84 Å². The molecule has 1 saturated heterocycles. The van der Waals surface area contributed by atoms with Crippen LogP contribution in [0.2, 0.25) is 5.02 Å². The van der Waals surface area contributed by atoms with Gasteiger partial charge in [0, 0.05) is 37.1 Å². The summed E-state index contributed by atoms with van der Waals surface area (Å²) in [7, 11) is 0. The van der Waals surface area contributed by atoms with Crippen LogP contribution in [0.25, 0.3) is 0 Å². The zero-order valence-electron chi connectivity index (χ0n) is 14.1. The lowest BCUT2D eigenvalue weighted by Gasteiger charge is -2.35. The van der Waals surface area contributed by atoms with E-state index in [0.29, 0.717) is 16.9 Å². The van der Waals surface area contributed by atoms with Crippen molar-refractivity contribution in [2.24, 2.45) is 11.8 Å². The zero-order valence-corrected chi connectivity index (χ0v) is 14.8. The first-order valence-electron chi connectivity index (χ1n) is 8.89. The SMILES string of the molecule is O[C@@H]1C[C@H]2CN(Cc3ccncc3)C[C@H]2C[C@H]1Oc1cccc(Cl)c1. The molecule has 1 aliphatic carbocycles. The van der Waals surface area contributed by atoms with Crippen molar-refractivity contribution in [3.63, 3.8) is 0 Å². The summed E-state index contributed by atoms with van der Waals surface area (Å²) in [6.07, 6.45) is 4.82. The molecule has 4 rings (SSSR count). The van der Waals surface area contributed by atoms with Gasteiger partial charge in [-0.25, -0.2) is 0 Å². The summed E-state index contributed by atoms with van der Waals surface area (Å²) in [4.78, 5) is 6.57. The van der Waals surface area contributed by atoms with Gasteiger partial charge in [0.15, 0.2) is 0 Å². The molecule has 4 nitrogen and oxygen atoms in total. The van der Waals surface area contributed by atoms with E-state index >= 15 is 0 Å². The Morgan fingerprint density at radius 2 is 1.88 bits per heavy atom. The fourth-order valence-electron chi connectivity index (χ4n) is 4.20. The molecule has 2 aromatic rings. The third-order valence-electron chi connectivity index (χ3n) is 5.40. The van der Waals surface area contributed by atoms with E-state index in [0.717, 1.165) is 38.2 Å². The second-order valence-electron chi connectivity index (χ2n) is 7.22. The van der Waals surface area contributed by atoms with Gasteiger partial charge in [0.1, 0.15) is 11.9 Å². The third-order valence-corrected chi connectivity index (χ3v) is 5.63. The van der Waals surface area contributed by atoms with Crippen molar-refractivity contribution >= 4 is 11.6 Å². The number of nitrogens with zero attached hydrogens (tertiary/aromatic N) is 2. The maximum absolute atomic E-state index is 10.5. The van der Waals surface area contributed by atoms with Crippen molar-refractivity contribution in [2.75, 3.05) is 13.1 Å². The number of aliphatic hydroxyl groups excluding tert-OH is 1. The monoisotopic (exact) mass is 358 g/mol. The normalized spacial score (nSPS) is 29.4. The molecular weight excluding hydrogens is 336 g/mol. The number of fused-ring (bicyclic) bond motifs is 1. The van der Waals surface area contributed by atoms with E-state index < -0.39 is 6.10 Å². The Kier molecular flexibility index (Phi) is 4.93. The number of aromatic nitrogens is 1. The lowest BCUT2D eigenvalue weighted by Crippen LogP contribution is -2.42. The summed E-state index contributed by atoms with van der Waals surface area (Å²) in [5.41, 5.74) is 1.29. The number of benzene rings is 1. The van der Waals surface area contributed by atoms with Crippen LogP contribution in [-0.2, 0) is 6.54 Å². The summed E-state index contributed by atoms with van der Waals surface area (Å²) in [5, 5.41) is 11.2. The molecule has 1 N–H and O–H groups in total. The quantitative estimate of drug-likeness (QED) is 0.910. The maximum Gasteiger partial charge on any atom is 0.125 e. The summed E-state index contributed by atoms with van der Waals surface area (Å²) < 4.78 is 6.05. The van der Waals surface area contributed by atoms with Crippen molar-refractivity contribution < 1.29 is 9.84 Å². The fourth-order valence-corrected chi connectivity index (χ4v) is 4.38. The van der Waals surface area contributed by atoms with Crippen molar-refractivity contribution in [1.29, 1.82) is 0 Å². The molecule has 4 atom stereocenters. The summed E-state index contributed by atoms with van der Waals surface area (Å²) in [6.45, 7) is 3.06. The summed E-state index contributed by atoms with van der Waals surface area (Å²) >= 11 is 6.03. The number of ether oxygens (including phenoxy) is 1. The Balaban J connectivity index is 1.38. The number of hydrogen-bond acceptors (Lipinski definition) is 4. The minimum Gasteiger partial charge on any atom is -0.488 e. The summed E-state index contributed by atoms with van der Waals surface area (Å²) in [6, 6.07) is 11.6. The van der Waals surface area contributed by atoms with Crippen LogP contribution in [-0.4, -0.2) is 40.3 Å². The van der Waals surface area contributed by atoms with Crippen molar-refractivity contribution in [3.8, 4) is 5.75 Å².